The lowest BCUT2D eigenvalue weighted by Crippen LogP contribution is -2.37. The fourth-order valence-corrected chi connectivity index (χ4v) is 4.02. The van der Waals surface area contributed by atoms with E-state index in [2.05, 4.69) is 0 Å². The number of amides is 1. The molecule has 0 unspecified atom stereocenters. The van der Waals surface area contributed by atoms with E-state index in [0.29, 0.717) is 49.0 Å². The Balaban J connectivity index is 1.54. The minimum atomic E-state index is -1.06. The van der Waals surface area contributed by atoms with Crippen LogP contribution < -0.4 is 14.5 Å². The number of rotatable bonds is 8. The van der Waals surface area contributed by atoms with Gasteiger partial charge in [-0.15, -0.1) is 0 Å². The number of hydrogen-bond donors (Lipinski definition) is 1. The lowest BCUT2D eigenvalue weighted by atomic mass is 10.1. The third-order valence-electron chi connectivity index (χ3n) is 5.85. The molecule has 1 N–H and O–H groups in total. The number of ether oxygens (including phenoxy) is 2. The summed E-state index contributed by atoms with van der Waals surface area (Å²) in [6, 6.07) is 18.7. The number of nitrogens with zero attached hydrogens (tertiary/aromatic N) is 2. The second kappa shape index (κ2) is 11.0. The third kappa shape index (κ3) is 5.96. The summed E-state index contributed by atoms with van der Waals surface area (Å²) in [6.07, 6.45) is 0. The molecule has 0 aromatic heterocycles. The van der Waals surface area contributed by atoms with Crippen LogP contribution in [0.1, 0.15) is 28.4 Å². The summed E-state index contributed by atoms with van der Waals surface area (Å²) in [4.78, 5) is 28.0. The SMILES string of the molecule is CC(=O)N(Cc1cccc(OCc2ccccc2F)c1)c1ccc(N2CCOCC2)c(C(=O)O)c1. The summed E-state index contributed by atoms with van der Waals surface area (Å²) in [5.41, 5.74) is 2.48. The van der Waals surface area contributed by atoms with E-state index in [1.54, 1.807) is 48.5 Å². The molecule has 3 aromatic carbocycles. The third-order valence-corrected chi connectivity index (χ3v) is 5.85. The normalized spacial score (nSPS) is 13.4. The molecule has 1 fully saturated rings. The lowest BCUT2D eigenvalue weighted by Gasteiger charge is -2.31. The zero-order chi connectivity index (χ0) is 24.8. The molecular formula is C27H27FN2O5. The molecule has 0 aliphatic carbocycles. The Morgan fingerprint density at radius 1 is 1.06 bits per heavy atom. The van der Waals surface area contributed by atoms with Crippen LogP contribution in [0.15, 0.2) is 66.7 Å². The molecule has 1 saturated heterocycles. The topological polar surface area (TPSA) is 79.3 Å². The van der Waals surface area contributed by atoms with Gasteiger partial charge in [0.1, 0.15) is 18.2 Å². The van der Waals surface area contributed by atoms with Crippen molar-refractivity contribution in [2.45, 2.75) is 20.1 Å². The van der Waals surface area contributed by atoms with Gasteiger partial charge in [-0.1, -0.05) is 30.3 Å². The summed E-state index contributed by atoms with van der Waals surface area (Å²) in [5, 5.41) is 9.84. The Hall–Kier alpha value is -3.91. The van der Waals surface area contributed by atoms with E-state index in [-0.39, 0.29) is 30.4 Å². The number of carboxylic acid groups (broad SMARTS) is 1. The summed E-state index contributed by atoms with van der Waals surface area (Å²) in [5.74, 6) is -1.07. The molecule has 1 aliphatic heterocycles. The minimum absolute atomic E-state index is 0.0809. The first kappa shape index (κ1) is 24.2. The Morgan fingerprint density at radius 3 is 2.54 bits per heavy atom. The first-order valence-electron chi connectivity index (χ1n) is 11.4. The first-order chi connectivity index (χ1) is 16.9. The van der Waals surface area contributed by atoms with Crippen LogP contribution in [0.5, 0.6) is 5.75 Å². The Morgan fingerprint density at radius 2 is 1.83 bits per heavy atom. The molecule has 35 heavy (non-hydrogen) atoms. The number of morpholine rings is 1. The Bertz CT molecular complexity index is 1210. The number of benzene rings is 3. The second-order valence-electron chi connectivity index (χ2n) is 8.24. The highest BCUT2D eigenvalue weighted by Gasteiger charge is 2.21. The van der Waals surface area contributed by atoms with Gasteiger partial charge in [-0.05, 0) is 42.0 Å². The van der Waals surface area contributed by atoms with Crippen LogP contribution in [0, 0.1) is 5.82 Å². The van der Waals surface area contributed by atoms with Gasteiger partial charge < -0.3 is 24.4 Å². The number of anilines is 2. The number of aromatic carboxylic acids is 1. The molecule has 0 spiro atoms. The van der Waals surface area contributed by atoms with E-state index in [4.69, 9.17) is 9.47 Å². The van der Waals surface area contributed by atoms with Crippen LogP contribution in [0.2, 0.25) is 0 Å². The molecular weight excluding hydrogens is 451 g/mol. The van der Waals surface area contributed by atoms with Crippen LogP contribution in [0.25, 0.3) is 0 Å². The van der Waals surface area contributed by atoms with Crippen LogP contribution in [0.3, 0.4) is 0 Å². The number of carbonyl (C=O) groups excluding carboxylic acids is 1. The van der Waals surface area contributed by atoms with E-state index >= 15 is 0 Å². The van der Waals surface area contributed by atoms with Gasteiger partial charge in [-0.25, -0.2) is 9.18 Å². The average Bonchev–Trinajstić information content (AvgIpc) is 2.87. The molecule has 0 saturated carbocycles. The largest absolute Gasteiger partial charge is 0.489 e. The smallest absolute Gasteiger partial charge is 0.337 e. The van der Waals surface area contributed by atoms with Crippen molar-refractivity contribution < 1.29 is 28.6 Å². The highest BCUT2D eigenvalue weighted by atomic mass is 19.1. The van der Waals surface area contributed by atoms with E-state index in [1.165, 1.54) is 24.0 Å². The first-order valence-corrected chi connectivity index (χ1v) is 11.4. The maximum absolute atomic E-state index is 13.9. The van der Waals surface area contributed by atoms with Crippen LogP contribution >= 0.6 is 0 Å². The summed E-state index contributed by atoms with van der Waals surface area (Å²) < 4.78 is 25.0. The Labute approximate surface area is 203 Å². The van der Waals surface area contributed by atoms with Crippen molar-refractivity contribution in [2.24, 2.45) is 0 Å². The molecule has 1 heterocycles. The number of carbonyl (C=O) groups is 2. The molecule has 182 valence electrons. The van der Waals surface area contributed by atoms with Gasteiger partial charge in [0.2, 0.25) is 5.91 Å². The number of halogens is 1. The fourth-order valence-electron chi connectivity index (χ4n) is 4.02. The van der Waals surface area contributed by atoms with Crippen molar-refractivity contribution in [3.05, 3.63) is 89.2 Å². The fraction of sp³-hybridized carbons (Fsp3) is 0.259. The second-order valence-corrected chi connectivity index (χ2v) is 8.24. The van der Waals surface area contributed by atoms with Gasteiger partial charge in [-0.2, -0.15) is 0 Å². The average molecular weight is 479 g/mol. The molecule has 8 heteroatoms. The maximum atomic E-state index is 13.9. The van der Waals surface area contributed by atoms with Crippen molar-refractivity contribution >= 4 is 23.3 Å². The maximum Gasteiger partial charge on any atom is 0.337 e. The van der Waals surface area contributed by atoms with E-state index in [1.807, 2.05) is 11.0 Å². The molecule has 0 atom stereocenters. The van der Waals surface area contributed by atoms with Gasteiger partial charge in [0.05, 0.1) is 31.0 Å². The molecule has 7 nitrogen and oxygen atoms in total. The molecule has 1 amide bonds. The number of carboxylic acids is 1. The van der Waals surface area contributed by atoms with Crippen molar-refractivity contribution in [3.63, 3.8) is 0 Å². The van der Waals surface area contributed by atoms with E-state index < -0.39 is 5.97 Å². The minimum Gasteiger partial charge on any atom is -0.489 e. The highest BCUT2D eigenvalue weighted by molar-refractivity contribution is 5.98. The molecule has 1 aliphatic rings. The molecule has 3 aromatic rings. The van der Waals surface area contributed by atoms with Crippen LogP contribution in [0.4, 0.5) is 15.8 Å². The zero-order valence-corrected chi connectivity index (χ0v) is 19.4. The van der Waals surface area contributed by atoms with E-state index in [0.717, 1.165) is 5.56 Å². The van der Waals surface area contributed by atoms with Gasteiger partial charge in [0, 0.05) is 31.3 Å². The van der Waals surface area contributed by atoms with Gasteiger partial charge in [0.15, 0.2) is 0 Å². The van der Waals surface area contributed by atoms with Crippen LogP contribution in [-0.4, -0.2) is 43.3 Å². The van der Waals surface area contributed by atoms with Crippen molar-refractivity contribution in [2.75, 3.05) is 36.1 Å². The summed E-state index contributed by atoms with van der Waals surface area (Å²) in [7, 11) is 0. The monoisotopic (exact) mass is 478 g/mol. The summed E-state index contributed by atoms with van der Waals surface area (Å²) >= 11 is 0. The number of hydrogen-bond acceptors (Lipinski definition) is 5. The summed E-state index contributed by atoms with van der Waals surface area (Å²) in [6.45, 7) is 4.03. The zero-order valence-electron chi connectivity index (χ0n) is 19.4. The highest BCUT2D eigenvalue weighted by Crippen LogP contribution is 2.29. The van der Waals surface area contributed by atoms with E-state index in [9.17, 15) is 19.1 Å². The standard InChI is InChI=1S/C27H27FN2O5/c1-19(31)30(22-9-10-26(24(16-22)27(32)33)29-11-13-34-14-12-29)17-20-5-4-7-23(15-20)35-18-21-6-2-3-8-25(21)28/h2-10,15-16H,11-14,17-18H2,1H3,(H,32,33). The molecule has 0 radical (unpaired) electrons. The molecule has 4 rings (SSSR count). The lowest BCUT2D eigenvalue weighted by molar-refractivity contribution is -0.116. The quantitative estimate of drug-likeness (QED) is 0.514. The van der Waals surface area contributed by atoms with Crippen molar-refractivity contribution in [3.8, 4) is 5.75 Å². The van der Waals surface area contributed by atoms with Crippen molar-refractivity contribution in [1.29, 1.82) is 0 Å². The van der Waals surface area contributed by atoms with Gasteiger partial charge in [0.25, 0.3) is 0 Å². The predicted molar refractivity (Wildman–Crippen MR) is 130 cm³/mol. The van der Waals surface area contributed by atoms with Gasteiger partial charge in [-0.3, -0.25) is 4.79 Å². The Kier molecular flexibility index (Phi) is 7.62. The van der Waals surface area contributed by atoms with Crippen molar-refractivity contribution in [1.82, 2.24) is 0 Å². The van der Waals surface area contributed by atoms with Gasteiger partial charge >= 0.3 is 5.97 Å². The molecule has 0 bridgehead atoms. The van der Waals surface area contributed by atoms with Crippen LogP contribution in [-0.2, 0) is 22.7 Å². The predicted octanol–water partition coefficient (Wildman–Crippen LogP) is 4.49.